The number of hydrogen-bond acceptors (Lipinski definition) is 5. The van der Waals surface area contributed by atoms with E-state index in [4.69, 9.17) is 9.47 Å². The van der Waals surface area contributed by atoms with Crippen molar-refractivity contribution >= 4 is 11.8 Å². The van der Waals surface area contributed by atoms with Crippen LogP contribution in [0.4, 0.5) is 0 Å². The van der Waals surface area contributed by atoms with Crippen molar-refractivity contribution in [2.45, 2.75) is 57.3 Å². The normalized spacial score (nSPS) is 24.5. The van der Waals surface area contributed by atoms with Crippen molar-refractivity contribution in [3.8, 4) is 0 Å². The van der Waals surface area contributed by atoms with E-state index in [1.807, 2.05) is 4.90 Å². The van der Waals surface area contributed by atoms with Crippen LogP contribution in [-0.2, 0) is 9.47 Å². The van der Waals surface area contributed by atoms with Gasteiger partial charge in [-0.3, -0.25) is 14.6 Å². The number of nitrogens with zero attached hydrogens (tertiary/aromatic N) is 3. The Kier molecular flexibility index (Phi) is 5.64. The first-order valence-electron chi connectivity index (χ1n) is 10.4. The fourth-order valence-electron chi connectivity index (χ4n) is 4.55. The van der Waals surface area contributed by atoms with E-state index in [1.54, 1.807) is 23.4 Å². The molecule has 0 radical (unpaired) electrons. The molecule has 3 saturated heterocycles. The maximum Gasteiger partial charge on any atom is 0.255 e. The third-order valence-electron chi connectivity index (χ3n) is 6.22. The van der Waals surface area contributed by atoms with Gasteiger partial charge in [0.2, 0.25) is 0 Å². The minimum absolute atomic E-state index is 0.0148. The molecule has 0 aromatic carbocycles. The summed E-state index contributed by atoms with van der Waals surface area (Å²) < 4.78 is 11.5. The van der Waals surface area contributed by atoms with E-state index in [0.717, 1.165) is 25.8 Å². The fourth-order valence-corrected chi connectivity index (χ4v) is 4.55. The van der Waals surface area contributed by atoms with Gasteiger partial charge in [0.05, 0.1) is 24.3 Å². The molecule has 4 rings (SSSR count). The molecule has 3 fully saturated rings. The van der Waals surface area contributed by atoms with Gasteiger partial charge < -0.3 is 19.3 Å². The second-order valence-corrected chi connectivity index (χ2v) is 7.92. The summed E-state index contributed by atoms with van der Waals surface area (Å²) in [7, 11) is 0. The first kappa shape index (κ1) is 19.3. The number of amides is 2. The number of likely N-dealkylation sites (tertiary alicyclic amines) is 2. The first-order chi connectivity index (χ1) is 13.6. The van der Waals surface area contributed by atoms with Crippen molar-refractivity contribution in [3.05, 3.63) is 29.6 Å². The van der Waals surface area contributed by atoms with Crippen LogP contribution in [0.15, 0.2) is 18.5 Å². The topological polar surface area (TPSA) is 72.0 Å². The largest absolute Gasteiger partial charge is 0.347 e. The summed E-state index contributed by atoms with van der Waals surface area (Å²) >= 11 is 0. The quantitative estimate of drug-likeness (QED) is 0.797. The Hall–Kier alpha value is -1.99. The van der Waals surface area contributed by atoms with Crippen molar-refractivity contribution in [1.82, 2.24) is 14.8 Å². The molecule has 152 valence electrons. The summed E-state index contributed by atoms with van der Waals surface area (Å²) in [5.74, 6) is -0.601. The Morgan fingerprint density at radius 2 is 1.75 bits per heavy atom. The minimum atomic E-state index is -0.504. The Morgan fingerprint density at radius 3 is 2.43 bits per heavy atom. The van der Waals surface area contributed by atoms with E-state index in [1.165, 1.54) is 6.42 Å². The lowest BCUT2D eigenvalue weighted by atomic mass is 9.99. The molecule has 0 saturated carbocycles. The smallest absolute Gasteiger partial charge is 0.255 e. The van der Waals surface area contributed by atoms with Gasteiger partial charge in [-0.2, -0.15) is 0 Å². The number of pyridine rings is 1. The predicted octanol–water partition coefficient (Wildman–Crippen LogP) is 2.47. The summed E-state index contributed by atoms with van der Waals surface area (Å²) in [6.07, 6.45) is 8.70. The molecule has 1 spiro atoms. The molecular formula is C21H29N3O4. The van der Waals surface area contributed by atoms with Crippen LogP contribution in [0.3, 0.4) is 0 Å². The van der Waals surface area contributed by atoms with E-state index in [-0.39, 0.29) is 17.9 Å². The zero-order chi connectivity index (χ0) is 19.6. The van der Waals surface area contributed by atoms with E-state index in [9.17, 15) is 9.59 Å². The van der Waals surface area contributed by atoms with E-state index in [0.29, 0.717) is 50.3 Å². The standard InChI is InChI=1S/C21H29N3O4/c1-2-18-5-3-4-8-24(18)20(26)17-13-16(14-22-15-17)19(25)23-9-6-21(7-10-23)27-11-12-28-21/h13-15,18H,2-12H2,1H3. The van der Waals surface area contributed by atoms with Crippen molar-refractivity contribution in [2.24, 2.45) is 0 Å². The Labute approximate surface area is 166 Å². The molecule has 7 nitrogen and oxygen atoms in total. The van der Waals surface area contributed by atoms with Gasteiger partial charge in [0.25, 0.3) is 11.8 Å². The van der Waals surface area contributed by atoms with Gasteiger partial charge >= 0.3 is 0 Å². The molecule has 2 amide bonds. The van der Waals surface area contributed by atoms with Gasteiger partial charge in [-0.25, -0.2) is 0 Å². The minimum Gasteiger partial charge on any atom is -0.347 e. The average molecular weight is 387 g/mol. The van der Waals surface area contributed by atoms with E-state index >= 15 is 0 Å². The fraction of sp³-hybridized carbons (Fsp3) is 0.667. The zero-order valence-corrected chi connectivity index (χ0v) is 16.6. The van der Waals surface area contributed by atoms with Crippen molar-refractivity contribution < 1.29 is 19.1 Å². The van der Waals surface area contributed by atoms with Crippen LogP contribution in [0.5, 0.6) is 0 Å². The van der Waals surface area contributed by atoms with Gasteiger partial charge in [0.15, 0.2) is 5.79 Å². The third kappa shape index (κ3) is 3.78. The molecule has 0 N–H and O–H groups in total. The van der Waals surface area contributed by atoms with Gasteiger partial charge in [-0.1, -0.05) is 6.92 Å². The summed E-state index contributed by atoms with van der Waals surface area (Å²) in [5, 5.41) is 0. The molecule has 7 heteroatoms. The molecule has 3 aliphatic heterocycles. The lowest BCUT2D eigenvalue weighted by Crippen LogP contribution is -2.47. The zero-order valence-electron chi connectivity index (χ0n) is 16.6. The van der Waals surface area contributed by atoms with Crippen molar-refractivity contribution in [1.29, 1.82) is 0 Å². The molecule has 1 aromatic rings. The van der Waals surface area contributed by atoms with Crippen LogP contribution in [0.2, 0.25) is 0 Å². The number of aromatic nitrogens is 1. The Balaban J connectivity index is 1.44. The van der Waals surface area contributed by atoms with Crippen LogP contribution < -0.4 is 0 Å². The highest BCUT2D eigenvalue weighted by Gasteiger charge is 2.41. The Morgan fingerprint density at radius 1 is 1.07 bits per heavy atom. The number of hydrogen-bond donors (Lipinski definition) is 0. The van der Waals surface area contributed by atoms with Crippen LogP contribution in [0.1, 0.15) is 66.2 Å². The molecule has 4 heterocycles. The summed E-state index contributed by atoms with van der Waals surface area (Å²) in [4.78, 5) is 33.9. The maximum absolute atomic E-state index is 13.0. The van der Waals surface area contributed by atoms with Gasteiger partial charge in [-0.05, 0) is 31.7 Å². The number of rotatable bonds is 3. The molecule has 0 bridgehead atoms. The first-order valence-corrected chi connectivity index (χ1v) is 10.4. The highest BCUT2D eigenvalue weighted by atomic mass is 16.7. The SMILES string of the molecule is CCC1CCCCN1C(=O)c1cncc(C(=O)N2CCC3(CC2)OCCO3)c1. The summed E-state index contributed by atoms with van der Waals surface area (Å²) in [5.41, 5.74) is 0.974. The number of carbonyl (C=O) groups excluding carboxylic acids is 2. The molecule has 28 heavy (non-hydrogen) atoms. The lowest BCUT2D eigenvalue weighted by molar-refractivity contribution is -0.181. The monoisotopic (exact) mass is 387 g/mol. The Bertz CT molecular complexity index is 722. The maximum atomic E-state index is 13.0. The number of ether oxygens (including phenoxy) is 2. The summed E-state index contributed by atoms with van der Waals surface area (Å²) in [6, 6.07) is 1.98. The molecule has 1 aromatic heterocycles. The molecule has 1 unspecified atom stereocenters. The number of carbonyl (C=O) groups is 2. The van der Waals surface area contributed by atoms with Crippen LogP contribution in [-0.4, -0.2) is 71.3 Å². The molecule has 1 atom stereocenters. The predicted molar refractivity (Wildman–Crippen MR) is 103 cm³/mol. The van der Waals surface area contributed by atoms with Crippen LogP contribution in [0.25, 0.3) is 0 Å². The van der Waals surface area contributed by atoms with E-state index < -0.39 is 5.79 Å². The van der Waals surface area contributed by atoms with E-state index in [2.05, 4.69) is 11.9 Å². The van der Waals surface area contributed by atoms with Crippen molar-refractivity contribution in [2.75, 3.05) is 32.8 Å². The number of piperidine rings is 2. The summed E-state index contributed by atoms with van der Waals surface area (Å²) in [6.45, 7) is 5.32. The highest BCUT2D eigenvalue weighted by molar-refractivity contribution is 5.99. The highest BCUT2D eigenvalue weighted by Crippen LogP contribution is 2.31. The lowest BCUT2D eigenvalue weighted by Gasteiger charge is -2.37. The van der Waals surface area contributed by atoms with Crippen LogP contribution >= 0.6 is 0 Å². The molecule has 0 aliphatic carbocycles. The van der Waals surface area contributed by atoms with Gasteiger partial charge in [0.1, 0.15) is 0 Å². The molecule has 3 aliphatic rings. The third-order valence-corrected chi connectivity index (χ3v) is 6.22. The second kappa shape index (κ2) is 8.17. The van der Waals surface area contributed by atoms with Crippen molar-refractivity contribution in [3.63, 3.8) is 0 Å². The van der Waals surface area contributed by atoms with Gasteiger partial charge in [0, 0.05) is 50.9 Å². The second-order valence-electron chi connectivity index (χ2n) is 7.92. The van der Waals surface area contributed by atoms with Crippen LogP contribution in [0, 0.1) is 0 Å². The average Bonchev–Trinajstić information content (AvgIpc) is 3.21. The van der Waals surface area contributed by atoms with Gasteiger partial charge in [-0.15, -0.1) is 0 Å². The molecular weight excluding hydrogens is 358 g/mol.